The highest BCUT2D eigenvalue weighted by Crippen LogP contribution is 2.28. The Labute approximate surface area is 111 Å². The van der Waals surface area contributed by atoms with E-state index in [1.807, 2.05) is 4.90 Å². The maximum atomic E-state index is 11.7. The van der Waals surface area contributed by atoms with E-state index in [1.165, 1.54) is 13.4 Å². The van der Waals surface area contributed by atoms with Crippen LogP contribution in [0.3, 0.4) is 0 Å². The van der Waals surface area contributed by atoms with Crippen molar-refractivity contribution in [3.05, 3.63) is 16.7 Å². The molecule has 7 nitrogen and oxygen atoms in total. The van der Waals surface area contributed by atoms with Gasteiger partial charge in [0.05, 0.1) is 19.5 Å². The molecular weight excluding hydrogens is 248 g/mol. The molecule has 2 heterocycles. The third-order valence-corrected chi connectivity index (χ3v) is 3.54. The van der Waals surface area contributed by atoms with Crippen LogP contribution in [0.25, 0.3) is 0 Å². The highest BCUT2D eigenvalue weighted by atomic mass is 16.5. The lowest BCUT2D eigenvalue weighted by Crippen LogP contribution is -2.49. The summed E-state index contributed by atoms with van der Waals surface area (Å²) in [4.78, 5) is 20.5. The molecule has 7 heteroatoms. The number of piperidine rings is 1. The van der Waals surface area contributed by atoms with Gasteiger partial charge in [-0.2, -0.15) is 0 Å². The van der Waals surface area contributed by atoms with Crippen molar-refractivity contribution in [2.75, 3.05) is 32.2 Å². The maximum Gasteiger partial charge on any atom is 0.295 e. The zero-order chi connectivity index (χ0) is 13.8. The molecule has 1 saturated heterocycles. The minimum atomic E-state index is -0.280. The molecule has 2 rings (SSSR count). The summed E-state index contributed by atoms with van der Waals surface area (Å²) in [6, 6.07) is 0.0990. The summed E-state index contributed by atoms with van der Waals surface area (Å²) in [5, 5.41) is 0. The van der Waals surface area contributed by atoms with Gasteiger partial charge in [-0.15, -0.1) is 0 Å². The Morgan fingerprint density at radius 2 is 2.37 bits per heavy atom. The minimum Gasteiger partial charge on any atom is -0.489 e. The summed E-state index contributed by atoms with van der Waals surface area (Å²) in [5.74, 6) is 0.785. The zero-order valence-electron chi connectivity index (χ0n) is 11.3. The lowest BCUT2D eigenvalue weighted by molar-refractivity contribution is 0.0706. The van der Waals surface area contributed by atoms with Crippen LogP contribution in [0.5, 0.6) is 5.75 Å². The molecule has 0 radical (unpaired) electrons. The van der Waals surface area contributed by atoms with Crippen LogP contribution in [-0.2, 0) is 4.74 Å². The molecule has 0 bridgehead atoms. The van der Waals surface area contributed by atoms with E-state index >= 15 is 0 Å². The SMILES string of the molecule is COc1c(N2CCC(OC)CC2CN)nc[nH]c1=O. The summed E-state index contributed by atoms with van der Waals surface area (Å²) in [6.45, 7) is 1.23. The van der Waals surface area contributed by atoms with Crippen LogP contribution >= 0.6 is 0 Å². The van der Waals surface area contributed by atoms with Crippen molar-refractivity contribution >= 4 is 5.82 Å². The minimum absolute atomic E-state index is 0.0990. The van der Waals surface area contributed by atoms with Gasteiger partial charge in [-0.05, 0) is 12.8 Å². The van der Waals surface area contributed by atoms with E-state index in [9.17, 15) is 4.79 Å². The molecular formula is C12H20N4O3. The number of nitrogens with zero attached hydrogens (tertiary/aromatic N) is 2. The average Bonchev–Trinajstić information content (AvgIpc) is 2.46. The van der Waals surface area contributed by atoms with Gasteiger partial charge in [-0.25, -0.2) is 4.98 Å². The fourth-order valence-electron chi connectivity index (χ4n) is 2.50. The van der Waals surface area contributed by atoms with Crippen LogP contribution in [0.15, 0.2) is 11.1 Å². The number of nitrogens with two attached hydrogens (primary N) is 1. The van der Waals surface area contributed by atoms with Gasteiger partial charge in [-0.1, -0.05) is 0 Å². The molecule has 1 aromatic rings. The van der Waals surface area contributed by atoms with Crippen molar-refractivity contribution in [1.82, 2.24) is 9.97 Å². The van der Waals surface area contributed by atoms with Gasteiger partial charge in [0.25, 0.3) is 5.56 Å². The van der Waals surface area contributed by atoms with E-state index < -0.39 is 0 Å². The van der Waals surface area contributed by atoms with Crippen LogP contribution in [-0.4, -0.2) is 49.4 Å². The monoisotopic (exact) mass is 268 g/mol. The van der Waals surface area contributed by atoms with Crippen molar-refractivity contribution < 1.29 is 9.47 Å². The quantitative estimate of drug-likeness (QED) is 0.780. The predicted molar refractivity (Wildman–Crippen MR) is 71.6 cm³/mol. The third kappa shape index (κ3) is 2.71. The first-order valence-electron chi connectivity index (χ1n) is 6.32. The Hall–Kier alpha value is -1.60. The van der Waals surface area contributed by atoms with E-state index in [2.05, 4.69) is 9.97 Å². The molecule has 3 N–H and O–H groups in total. The van der Waals surface area contributed by atoms with Crippen LogP contribution < -0.4 is 20.9 Å². The number of hydrogen-bond acceptors (Lipinski definition) is 6. The standard InChI is InChI=1S/C12H20N4O3/c1-18-9-3-4-16(8(5-9)6-13)11-10(19-2)12(17)15-7-14-11/h7-9H,3-6,13H2,1-2H3,(H,14,15,17). The molecule has 19 heavy (non-hydrogen) atoms. The number of nitrogens with one attached hydrogen (secondary N) is 1. The number of ether oxygens (including phenoxy) is 2. The van der Waals surface area contributed by atoms with E-state index in [4.69, 9.17) is 15.2 Å². The lowest BCUT2D eigenvalue weighted by atomic mass is 9.99. The second-order valence-electron chi connectivity index (χ2n) is 4.55. The largest absolute Gasteiger partial charge is 0.489 e. The molecule has 0 amide bonds. The molecule has 2 atom stereocenters. The van der Waals surface area contributed by atoms with Crippen molar-refractivity contribution in [2.45, 2.75) is 25.0 Å². The van der Waals surface area contributed by atoms with E-state index in [1.54, 1.807) is 7.11 Å². The van der Waals surface area contributed by atoms with Gasteiger partial charge >= 0.3 is 0 Å². The molecule has 0 aromatic carbocycles. The second-order valence-corrected chi connectivity index (χ2v) is 4.55. The van der Waals surface area contributed by atoms with Crippen molar-refractivity contribution in [1.29, 1.82) is 0 Å². The molecule has 2 unspecified atom stereocenters. The van der Waals surface area contributed by atoms with Gasteiger partial charge in [0.1, 0.15) is 0 Å². The summed E-state index contributed by atoms with van der Waals surface area (Å²) in [5.41, 5.74) is 5.55. The maximum absolute atomic E-state index is 11.7. The average molecular weight is 268 g/mol. The van der Waals surface area contributed by atoms with Gasteiger partial charge in [0, 0.05) is 26.2 Å². The highest BCUT2D eigenvalue weighted by molar-refractivity contribution is 5.52. The Balaban J connectivity index is 2.30. The van der Waals surface area contributed by atoms with Gasteiger partial charge < -0.3 is 25.1 Å². The summed E-state index contributed by atoms with van der Waals surface area (Å²) >= 11 is 0. The number of aromatic amines is 1. The normalized spacial score (nSPS) is 23.4. The molecule has 1 aliphatic heterocycles. The van der Waals surface area contributed by atoms with Crippen LogP contribution in [0.1, 0.15) is 12.8 Å². The number of H-pyrrole nitrogens is 1. The number of anilines is 1. The Bertz CT molecular complexity index is 476. The predicted octanol–water partition coefficient (Wildman–Crippen LogP) is -0.279. The molecule has 0 spiro atoms. The summed E-state index contributed by atoms with van der Waals surface area (Å²) < 4.78 is 10.5. The fourth-order valence-corrected chi connectivity index (χ4v) is 2.50. The van der Waals surface area contributed by atoms with Crippen LogP contribution in [0.2, 0.25) is 0 Å². The first-order chi connectivity index (χ1) is 9.21. The van der Waals surface area contributed by atoms with Crippen molar-refractivity contribution in [2.24, 2.45) is 5.73 Å². The molecule has 106 valence electrons. The number of rotatable bonds is 4. The summed E-state index contributed by atoms with van der Waals surface area (Å²) in [7, 11) is 3.18. The third-order valence-electron chi connectivity index (χ3n) is 3.54. The van der Waals surface area contributed by atoms with Crippen molar-refractivity contribution in [3.8, 4) is 5.75 Å². The molecule has 0 aliphatic carbocycles. The molecule has 1 fully saturated rings. The van der Waals surface area contributed by atoms with Crippen molar-refractivity contribution in [3.63, 3.8) is 0 Å². The van der Waals surface area contributed by atoms with E-state index in [-0.39, 0.29) is 23.5 Å². The number of aromatic nitrogens is 2. The zero-order valence-corrected chi connectivity index (χ0v) is 11.3. The smallest absolute Gasteiger partial charge is 0.295 e. The van der Waals surface area contributed by atoms with Crippen LogP contribution in [0, 0.1) is 0 Å². The van der Waals surface area contributed by atoms with Gasteiger partial charge in [0.15, 0.2) is 5.82 Å². The Morgan fingerprint density at radius 3 is 3.00 bits per heavy atom. The van der Waals surface area contributed by atoms with E-state index in [0.29, 0.717) is 12.4 Å². The molecule has 0 saturated carbocycles. The number of hydrogen-bond donors (Lipinski definition) is 2. The second kappa shape index (κ2) is 6.03. The highest BCUT2D eigenvalue weighted by Gasteiger charge is 2.30. The fraction of sp³-hybridized carbons (Fsp3) is 0.667. The Morgan fingerprint density at radius 1 is 1.58 bits per heavy atom. The lowest BCUT2D eigenvalue weighted by Gasteiger charge is -2.39. The summed E-state index contributed by atoms with van der Waals surface area (Å²) in [6.07, 6.45) is 3.30. The van der Waals surface area contributed by atoms with E-state index in [0.717, 1.165) is 19.4 Å². The van der Waals surface area contributed by atoms with Gasteiger partial charge in [-0.3, -0.25) is 4.79 Å². The van der Waals surface area contributed by atoms with Gasteiger partial charge in [0.2, 0.25) is 5.75 Å². The van der Waals surface area contributed by atoms with Crippen LogP contribution in [0.4, 0.5) is 5.82 Å². The first-order valence-corrected chi connectivity index (χ1v) is 6.32. The first kappa shape index (κ1) is 13.8. The Kier molecular flexibility index (Phi) is 4.39. The topological polar surface area (TPSA) is 93.5 Å². The number of methoxy groups -OCH3 is 2. The molecule has 1 aliphatic rings. The molecule has 1 aromatic heterocycles.